The van der Waals surface area contributed by atoms with Gasteiger partial charge in [-0.25, -0.2) is 0 Å². The molecule has 1 atom stereocenters. The van der Waals surface area contributed by atoms with Gasteiger partial charge in [0.2, 0.25) is 0 Å². The molecule has 2 aromatic rings. The van der Waals surface area contributed by atoms with Crippen molar-refractivity contribution in [3.8, 4) is 0 Å². The number of carbonyl (C=O) groups excluding carboxylic acids is 2. The van der Waals surface area contributed by atoms with Crippen LogP contribution in [0.1, 0.15) is 44.7 Å². The minimum Gasteiger partial charge on any atom is -0.389 e. The van der Waals surface area contributed by atoms with Gasteiger partial charge in [-0.05, 0) is 48.6 Å². The lowest BCUT2D eigenvalue weighted by molar-refractivity contribution is 0.0104. The second kappa shape index (κ2) is 6.07. The van der Waals surface area contributed by atoms with E-state index in [1.54, 1.807) is 24.3 Å². The molecular formula is C20H18BrNO3. The molecule has 1 unspecified atom stereocenters. The Hall–Kier alpha value is -1.98. The first-order valence-corrected chi connectivity index (χ1v) is 9.22. The minimum atomic E-state index is -0.886. The van der Waals surface area contributed by atoms with Gasteiger partial charge in [-0.3, -0.25) is 14.5 Å². The van der Waals surface area contributed by atoms with Gasteiger partial charge in [0.25, 0.3) is 11.8 Å². The zero-order valence-corrected chi connectivity index (χ0v) is 15.3. The van der Waals surface area contributed by atoms with E-state index in [2.05, 4.69) is 15.9 Å². The molecule has 1 aliphatic carbocycles. The average Bonchev–Trinajstić information content (AvgIpc) is 2.85. The van der Waals surface area contributed by atoms with E-state index in [1.165, 1.54) is 10.5 Å². The summed E-state index contributed by atoms with van der Waals surface area (Å²) in [6.07, 6.45) is 2.36. The molecule has 0 saturated heterocycles. The van der Waals surface area contributed by atoms with Crippen molar-refractivity contribution in [1.29, 1.82) is 0 Å². The SMILES string of the molecule is O=C1c2ccccc2C(=O)N1CCC1(O)CCc2c(Br)cccc2C1. The first kappa shape index (κ1) is 16.5. The highest BCUT2D eigenvalue weighted by atomic mass is 79.9. The monoisotopic (exact) mass is 399 g/mol. The van der Waals surface area contributed by atoms with E-state index in [-0.39, 0.29) is 18.4 Å². The Morgan fingerprint density at radius 2 is 1.72 bits per heavy atom. The lowest BCUT2D eigenvalue weighted by Gasteiger charge is -2.35. The molecule has 0 aromatic heterocycles. The third-order valence-electron chi connectivity index (χ3n) is 5.25. The van der Waals surface area contributed by atoms with E-state index in [1.807, 2.05) is 18.2 Å². The summed E-state index contributed by atoms with van der Waals surface area (Å²) in [6.45, 7) is 0.242. The third kappa shape index (κ3) is 2.81. The molecule has 2 aromatic carbocycles. The molecule has 0 spiro atoms. The van der Waals surface area contributed by atoms with Gasteiger partial charge in [0.1, 0.15) is 0 Å². The first-order chi connectivity index (χ1) is 12.0. The molecule has 0 saturated carbocycles. The molecule has 4 rings (SSSR count). The standard InChI is InChI=1S/C20H18BrNO3/c21-17-7-3-4-13-12-20(25,9-8-14(13)17)10-11-22-18(23)15-5-1-2-6-16(15)19(22)24/h1-7,25H,8-12H2. The van der Waals surface area contributed by atoms with Crippen molar-refractivity contribution in [3.05, 3.63) is 69.2 Å². The number of halogens is 1. The number of nitrogens with zero attached hydrogens (tertiary/aromatic N) is 1. The number of rotatable bonds is 3. The van der Waals surface area contributed by atoms with Crippen molar-refractivity contribution in [2.45, 2.75) is 31.3 Å². The molecular weight excluding hydrogens is 382 g/mol. The Balaban J connectivity index is 1.49. The van der Waals surface area contributed by atoms with Crippen LogP contribution in [0.5, 0.6) is 0 Å². The summed E-state index contributed by atoms with van der Waals surface area (Å²) in [4.78, 5) is 26.2. The van der Waals surface area contributed by atoms with Crippen LogP contribution in [0.4, 0.5) is 0 Å². The van der Waals surface area contributed by atoms with Crippen molar-refractivity contribution in [3.63, 3.8) is 0 Å². The van der Waals surface area contributed by atoms with E-state index in [9.17, 15) is 14.7 Å². The molecule has 5 heteroatoms. The van der Waals surface area contributed by atoms with Crippen molar-refractivity contribution in [2.75, 3.05) is 6.54 Å². The van der Waals surface area contributed by atoms with Gasteiger partial charge in [-0.1, -0.05) is 40.2 Å². The Morgan fingerprint density at radius 1 is 1.04 bits per heavy atom. The zero-order valence-electron chi connectivity index (χ0n) is 13.7. The van der Waals surface area contributed by atoms with E-state index in [0.717, 1.165) is 16.5 Å². The topological polar surface area (TPSA) is 57.6 Å². The Labute approximate surface area is 154 Å². The largest absolute Gasteiger partial charge is 0.389 e. The van der Waals surface area contributed by atoms with Gasteiger partial charge in [-0.15, -0.1) is 0 Å². The number of amides is 2. The summed E-state index contributed by atoms with van der Waals surface area (Å²) in [5.74, 6) is -0.522. The number of hydrogen-bond acceptors (Lipinski definition) is 3. The lowest BCUT2D eigenvalue weighted by atomic mass is 9.78. The molecule has 4 nitrogen and oxygen atoms in total. The Morgan fingerprint density at radius 3 is 2.40 bits per heavy atom. The van der Waals surface area contributed by atoms with Crippen LogP contribution in [-0.2, 0) is 12.8 Å². The zero-order chi connectivity index (χ0) is 17.6. The molecule has 25 heavy (non-hydrogen) atoms. The Kier molecular flexibility index (Phi) is 4.01. The van der Waals surface area contributed by atoms with Crippen LogP contribution in [0.25, 0.3) is 0 Å². The predicted octanol–water partition coefficient (Wildman–Crippen LogP) is 3.36. The number of imide groups is 1. The maximum atomic E-state index is 12.4. The fourth-order valence-electron chi connectivity index (χ4n) is 3.83. The summed E-state index contributed by atoms with van der Waals surface area (Å²) < 4.78 is 1.08. The van der Waals surface area contributed by atoms with Crippen molar-refractivity contribution < 1.29 is 14.7 Å². The van der Waals surface area contributed by atoms with Crippen LogP contribution in [0.15, 0.2) is 46.9 Å². The maximum Gasteiger partial charge on any atom is 0.261 e. The maximum absolute atomic E-state index is 12.4. The van der Waals surface area contributed by atoms with Crippen molar-refractivity contribution in [1.82, 2.24) is 4.90 Å². The van der Waals surface area contributed by atoms with Crippen LogP contribution < -0.4 is 0 Å². The summed E-state index contributed by atoms with van der Waals surface area (Å²) in [7, 11) is 0. The quantitative estimate of drug-likeness (QED) is 0.804. The lowest BCUT2D eigenvalue weighted by Crippen LogP contribution is -2.41. The van der Waals surface area contributed by atoms with Crippen LogP contribution >= 0.6 is 15.9 Å². The summed E-state index contributed by atoms with van der Waals surface area (Å²) in [5.41, 5.74) is 2.40. The first-order valence-electron chi connectivity index (χ1n) is 8.42. The summed E-state index contributed by atoms with van der Waals surface area (Å²) in [5, 5.41) is 11.0. The molecule has 128 valence electrons. The molecule has 1 aliphatic heterocycles. The highest BCUT2D eigenvalue weighted by Crippen LogP contribution is 2.35. The van der Waals surface area contributed by atoms with Crippen molar-refractivity contribution in [2.24, 2.45) is 0 Å². The van der Waals surface area contributed by atoms with Gasteiger partial charge in [0.15, 0.2) is 0 Å². The van der Waals surface area contributed by atoms with Crippen LogP contribution in [-0.4, -0.2) is 34.0 Å². The number of hydrogen-bond donors (Lipinski definition) is 1. The second-order valence-corrected chi connectivity index (χ2v) is 7.69. The van der Waals surface area contributed by atoms with Gasteiger partial charge < -0.3 is 5.11 Å². The smallest absolute Gasteiger partial charge is 0.261 e. The summed E-state index contributed by atoms with van der Waals surface area (Å²) in [6, 6.07) is 12.9. The molecule has 0 fully saturated rings. The number of carbonyl (C=O) groups is 2. The number of fused-ring (bicyclic) bond motifs is 2. The van der Waals surface area contributed by atoms with Crippen LogP contribution in [0, 0.1) is 0 Å². The fraction of sp³-hybridized carbons (Fsp3) is 0.300. The molecule has 2 amide bonds. The van der Waals surface area contributed by atoms with Gasteiger partial charge in [0.05, 0.1) is 16.7 Å². The van der Waals surface area contributed by atoms with Crippen LogP contribution in [0.3, 0.4) is 0 Å². The van der Waals surface area contributed by atoms with Crippen molar-refractivity contribution >= 4 is 27.7 Å². The summed E-state index contributed by atoms with van der Waals surface area (Å²) >= 11 is 3.57. The van der Waals surface area contributed by atoms with E-state index < -0.39 is 5.60 Å². The number of aliphatic hydroxyl groups is 1. The fourth-order valence-corrected chi connectivity index (χ4v) is 4.43. The van der Waals surface area contributed by atoms with Gasteiger partial charge in [0, 0.05) is 17.4 Å². The van der Waals surface area contributed by atoms with Crippen LogP contribution in [0.2, 0.25) is 0 Å². The van der Waals surface area contributed by atoms with E-state index in [0.29, 0.717) is 30.4 Å². The molecule has 1 N–H and O–H groups in total. The molecule has 0 bridgehead atoms. The minimum absolute atomic E-state index is 0.242. The predicted molar refractivity (Wildman–Crippen MR) is 97.5 cm³/mol. The van der Waals surface area contributed by atoms with E-state index in [4.69, 9.17) is 0 Å². The molecule has 2 aliphatic rings. The highest BCUT2D eigenvalue weighted by Gasteiger charge is 2.38. The third-order valence-corrected chi connectivity index (χ3v) is 6.00. The highest BCUT2D eigenvalue weighted by molar-refractivity contribution is 9.10. The van der Waals surface area contributed by atoms with E-state index >= 15 is 0 Å². The molecule has 1 heterocycles. The second-order valence-electron chi connectivity index (χ2n) is 6.84. The molecule has 0 radical (unpaired) electrons. The normalized spacial score (nSPS) is 22.1. The van der Waals surface area contributed by atoms with Gasteiger partial charge >= 0.3 is 0 Å². The number of benzene rings is 2. The van der Waals surface area contributed by atoms with Gasteiger partial charge in [-0.2, -0.15) is 0 Å². The Bertz CT molecular complexity index is 844. The average molecular weight is 400 g/mol.